The minimum Gasteiger partial charge on any atom is -0.390 e. The predicted octanol–water partition coefficient (Wildman–Crippen LogP) is -0.223. The van der Waals surface area contributed by atoms with Crippen molar-refractivity contribution in [3.63, 3.8) is 0 Å². The molecule has 0 bridgehead atoms. The van der Waals surface area contributed by atoms with Crippen molar-refractivity contribution in [1.82, 2.24) is 9.80 Å². The molecule has 0 saturated heterocycles. The number of carbonyl (C=O) groups excluding carboxylic acids is 1. The van der Waals surface area contributed by atoms with E-state index in [0.717, 1.165) is 19.5 Å². The number of amides is 1. The Hall–Kier alpha value is -0.610. The lowest BCUT2D eigenvalue weighted by molar-refractivity contribution is -0.118. The van der Waals surface area contributed by atoms with Crippen LogP contribution in [0.25, 0.3) is 0 Å². The Labute approximate surface area is 80.1 Å². The second kappa shape index (κ2) is 6.86. The summed E-state index contributed by atoms with van der Waals surface area (Å²) < 4.78 is 0. The van der Waals surface area contributed by atoms with E-state index in [1.54, 1.807) is 7.05 Å². The third-order valence-electron chi connectivity index (χ3n) is 2.04. The molecule has 1 amide bonds. The third-order valence-corrected chi connectivity index (χ3v) is 2.04. The van der Waals surface area contributed by atoms with Crippen molar-refractivity contribution < 1.29 is 9.90 Å². The monoisotopic (exact) mass is 188 g/mol. The minimum atomic E-state index is -0.449. The Kier molecular flexibility index (Phi) is 6.54. The van der Waals surface area contributed by atoms with Gasteiger partial charge in [-0.05, 0) is 13.1 Å². The highest BCUT2D eigenvalue weighted by atomic mass is 16.3. The summed E-state index contributed by atoms with van der Waals surface area (Å²) in [4.78, 5) is 13.8. The second-order valence-electron chi connectivity index (χ2n) is 3.18. The van der Waals surface area contributed by atoms with E-state index in [-0.39, 0.29) is 0 Å². The molecular formula is C9H20N2O2. The Morgan fingerprint density at radius 3 is 2.23 bits per heavy atom. The lowest BCUT2D eigenvalue weighted by atomic mass is 10.3. The average Bonchev–Trinajstić information content (AvgIpc) is 2.13. The van der Waals surface area contributed by atoms with Crippen LogP contribution < -0.4 is 0 Å². The summed E-state index contributed by atoms with van der Waals surface area (Å²) in [5, 5.41) is 9.54. The largest absolute Gasteiger partial charge is 0.390 e. The van der Waals surface area contributed by atoms with Gasteiger partial charge in [0.2, 0.25) is 6.41 Å². The maximum atomic E-state index is 10.3. The maximum absolute atomic E-state index is 10.3. The summed E-state index contributed by atoms with van der Waals surface area (Å²) >= 11 is 0. The van der Waals surface area contributed by atoms with E-state index in [1.807, 2.05) is 0 Å². The molecule has 4 nitrogen and oxygen atoms in total. The number of rotatable bonds is 7. The summed E-state index contributed by atoms with van der Waals surface area (Å²) in [6.07, 6.45) is 0.279. The summed E-state index contributed by atoms with van der Waals surface area (Å²) in [7, 11) is 1.67. The fourth-order valence-corrected chi connectivity index (χ4v) is 1.21. The van der Waals surface area contributed by atoms with Crippen LogP contribution in [0.2, 0.25) is 0 Å². The van der Waals surface area contributed by atoms with Crippen molar-refractivity contribution in [2.75, 3.05) is 33.2 Å². The smallest absolute Gasteiger partial charge is 0.209 e. The van der Waals surface area contributed by atoms with Gasteiger partial charge in [-0.1, -0.05) is 13.8 Å². The second-order valence-corrected chi connectivity index (χ2v) is 3.18. The first-order valence-electron chi connectivity index (χ1n) is 4.69. The highest BCUT2D eigenvalue weighted by Crippen LogP contribution is 1.93. The number of likely N-dealkylation sites (N-methyl/N-ethyl adjacent to an activating group) is 2. The van der Waals surface area contributed by atoms with Gasteiger partial charge >= 0.3 is 0 Å². The summed E-state index contributed by atoms with van der Waals surface area (Å²) in [6.45, 7) is 7.00. The molecule has 0 saturated carbocycles. The van der Waals surface area contributed by atoms with Gasteiger partial charge in [0.05, 0.1) is 6.10 Å². The zero-order valence-corrected chi connectivity index (χ0v) is 8.73. The van der Waals surface area contributed by atoms with Crippen molar-refractivity contribution in [3.8, 4) is 0 Å². The molecule has 0 heterocycles. The molecule has 0 unspecified atom stereocenters. The Morgan fingerprint density at radius 1 is 1.31 bits per heavy atom. The van der Waals surface area contributed by atoms with Gasteiger partial charge in [0.1, 0.15) is 0 Å². The molecule has 4 heteroatoms. The third kappa shape index (κ3) is 5.60. The molecule has 0 aromatic carbocycles. The summed E-state index contributed by atoms with van der Waals surface area (Å²) in [6, 6.07) is 0. The van der Waals surface area contributed by atoms with Crippen LogP contribution in [0.1, 0.15) is 13.8 Å². The van der Waals surface area contributed by atoms with Gasteiger partial charge in [0.25, 0.3) is 0 Å². The molecule has 0 aliphatic rings. The van der Waals surface area contributed by atoms with E-state index in [4.69, 9.17) is 0 Å². The first-order valence-corrected chi connectivity index (χ1v) is 4.69. The number of aliphatic hydroxyl groups excluding tert-OH is 1. The zero-order chi connectivity index (χ0) is 10.3. The van der Waals surface area contributed by atoms with Gasteiger partial charge in [-0.25, -0.2) is 0 Å². The fraction of sp³-hybridized carbons (Fsp3) is 0.889. The first-order chi connectivity index (χ1) is 6.13. The van der Waals surface area contributed by atoms with E-state index in [2.05, 4.69) is 18.7 Å². The number of aliphatic hydroxyl groups is 1. The molecule has 1 N–H and O–H groups in total. The normalized spacial score (nSPS) is 13.0. The minimum absolute atomic E-state index is 0.403. The molecule has 0 radical (unpaired) electrons. The van der Waals surface area contributed by atoms with Crippen molar-refractivity contribution >= 4 is 6.41 Å². The van der Waals surface area contributed by atoms with Gasteiger partial charge in [-0.2, -0.15) is 0 Å². The quantitative estimate of drug-likeness (QED) is 0.562. The Bertz CT molecular complexity index is 138. The molecule has 0 aromatic rings. The predicted molar refractivity (Wildman–Crippen MR) is 52.5 cm³/mol. The van der Waals surface area contributed by atoms with E-state index >= 15 is 0 Å². The standard InChI is InChI=1S/C9H20N2O2/c1-4-11(5-2)7-9(13)6-10(3)8-12/h8-9,13H,4-7H2,1-3H3/t9-/m0/s1. The van der Waals surface area contributed by atoms with Gasteiger partial charge in [-0.3, -0.25) is 4.79 Å². The average molecular weight is 188 g/mol. The Morgan fingerprint density at radius 2 is 1.85 bits per heavy atom. The van der Waals surface area contributed by atoms with Crippen molar-refractivity contribution in [2.45, 2.75) is 20.0 Å². The SMILES string of the molecule is CCN(CC)C[C@@H](O)CN(C)C=O. The molecule has 0 aliphatic carbocycles. The van der Waals surface area contributed by atoms with Crippen molar-refractivity contribution in [3.05, 3.63) is 0 Å². The lowest BCUT2D eigenvalue weighted by Crippen LogP contribution is -2.38. The van der Waals surface area contributed by atoms with Crippen LogP contribution in [0, 0.1) is 0 Å². The Balaban J connectivity index is 3.71. The fourth-order valence-electron chi connectivity index (χ4n) is 1.21. The van der Waals surface area contributed by atoms with Gasteiger partial charge in [-0.15, -0.1) is 0 Å². The van der Waals surface area contributed by atoms with Gasteiger partial charge < -0.3 is 14.9 Å². The molecule has 0 aromatic heterocycles. The van der Waals surface area contributed by atoms with Crippen LogP contribution in [0.4, 0.5) is 0 Å². The number of hydrogen-bond donors (Lipinski definition) is 1. The van der Waals surface area contributed by atoms with Crippen LogP contribution in [-0.2, 0) is 4.79 Å². The van der Waals surface area contributed by atoms with Crippen LogP contribution in [0.3, 0.4) is 0 Å². The van der Waals surface area contributed by atoms with E-state index < -0.39 is 6.10 Å². The molecule has 0 rings (SSSR count). The van der Waals surface area contributed by atoms with Crippen molar-refractivity contribution in [2.24, 2.45) is 0 Å². The number of nitrogens with zero attached hydrogens (tertiary/aromatic N) is 2. The van der Waals surface area contributed by atoms with E-state index in [1.165, 1.54) is 4.90 Å². The zero-order valence-electron chi connectivity index (χ0n) is 8.73. The highest BCUT2D eigenvalue weighted by Gasteiger charge is 2.10. The highest BCUT2D eigenvalue weighted by molar-refractivity contribution is 5.46. The van der Waals surface area contributed by atoms with Crippen molar-refractivity contribution in [1.29, 1.82) is 0 Å². The topological polar surface area (TPSA) is 43.8 Å². The van der Waals surface area contributed by atoms with Crippen LogP contribution in [-0.4, -0.2) is 60.6 Å². The molecule has 78 valence electrons. The van der Waals surface area contributed by atoms with Crippen LogP contribution >= 0.6 is 0 Å². The molecule has 1 atom stereocenters. The molecule has 0 aliphatic heterocycles. The summed E-state index contributed by atoms with van der Waals surface area (Å²) in [5.41, 5.74) is 0. The van der Waals surface area contributed by atoms with Crippen LogP contribution in [0.5, 0.6) is 0 Å². The van der Waals surface area contributed by atoms with Gasteiger partial charge in [0, 0.05) is 20.1 Å². The molecule has 0 fully saturated rings. The summed E-state index contributed by atoms with van der Waals surface area (Å²) in [5.74, 6) is 0. The molecule has 0 spiro atoms. The number of carbonyl (C=O) groups is 1. The number of hydrogen-bond acceptors (Lipinski definition) is 3. The molecular weight excluding hydrogens is 168 g/mol. The molecule has 13 heavy (non-hydrogen) atoms. The lowest BCUT2D eigenvalue weighted by Gasteiger charge is -2.23. The first kappa shape index (κ1) is 12.4. The van der Waals surface area contributed by atoms with E-state index in [9.17, 15) is 9.90 Å². The van der Waals surface area contributed by atoms with Gasteiger partial charge in [0.15, 0.2) is 0 Å². The van der Waals surface area contributed by atoms with E-state index in [0.29, 0.717) is 13.1 Å². The maximum Gasteiger partial charge on any atom is 0.209 e. The van der Waals surface area contributed by atoms with Crippen LogP contribution in [0.15, 0.2) is 0 Å².